The molecule has 2 rings (SSSR count). The van der Waals surface area contributed by atoms with Crippen molar-refractivity contribution in [1.29, 1.82) is 0 Å². The molecule has 0 atom stereocenters. The van der Waals surface area contributed by atoms with Gasteiger partial charge in [0.2, 0.25) is 0 Å². The molecule has 1 aromatic rings. The van der Waals surface area contributed by atoms with E-state index in [4.69, 9.17) is 28.5 Å². The number of rotatable bonds is 0. The zero-order valence-electron chi connectivity index (χ0n) is 9.32. The Morgan fingerprint density at radius 1 is 1.31 bits per heavy atom. The van der Waals surface area contributed by atoms with E-state index in [1.165, 1.54) is 0 Å². The van der Waals surface area contributed by atoms with Crippen molar-refractivity contribution in [1.82, 2.24) is 0 Å². The van der Waals surface area contributed by atoms with E-state index < -0.39 is 0 Å². The quantitative estimate of drug-likeness (QED) is 0.720. The number of hydrogen-bond donors (Lipinski definition) is 1. The van der Waals surface area contributed by atoms with E-state index in [-0.39, 0.29) is 6.10 Å². The number of benzene rings is 1. The zero-order valence-corrected chi connectivity index (χ0v) is 10.8. The Bertz CT molecular complexity index is 374. The molecule has 0 saturated carbocycles. The van der Waals surface area contributed by atoms with Crippen molar-refractivity contribution in [3.63, 3.8) is 0 Å². The summed E-state index contributed by atoms with van der Waals surface area (Å²) in [7, 11) is 0. The van der Waals surface area contributed by atoms with E-state index in [2.05, 4.69) is 0 Å². The Morgan fingerprint density at radius 2 is 1.88 bits per heavy atom. The standard InChI is InChI=1S/C9H7Cl2N.C3H8O/c10-8-5-7-3-1-2-4-9(7)12(11)6-8;1-3(2)4/h1-5H,6H2;3-4H,1-2H3. The maximum absolute atomic E-state index is 8.06. The summed E-state index contributed by atoms with van der Waals surface area (Å²) >= 11 is 11.8. The van der Waals surface area contributed by atoms with Crippen LogP contribution in [0.5, 0.6) is 0 Å². The molecule has 88 valence electrons. The second kappa shape index (κ2) is 6.14. The largest absolute Gasteiger partial charge is 0.394 e. The highest BCUT2D eigenvalue weighted by molar-refractivity contribution is 6.35. The average Bonchev–Trinajstić information content (AvgIpc) is 2.16. The normalized spacial score (nSPS) is 13.9. The number of nitrogens with zero attached hydrogens (tertiary/aromatic N) is 1. The molecule has 2 nitrogen and oxygen atoms in total. The second-order valence-corrected chi connectivity index (χ2v) is 4.66. The fourth-order valence-electron chi connectivity index (χ4n) is 1.26. The van der Waals surface area contributed by atoms with E-state index in [9.17, 15) is 0 Å². The van der Waals surface area contributed by atoms with Gasteiger partial charge in [-0.25, -0.2) is 0 Å². The Balaban J connectivity index is 0.000000280. The van der Waals surface area contributed by atoms with Gasteiger partial charge in [-0.1, -0.05) is 29.8 Å². The number of fused-ring (bicyclic) bond motifs is 1. The Hall–Kier alpha value is -0.700. The Kier molecular flexibility index (Phi) is 5.13. The lowest BCUT2D eigenvalue weighted by Crippen LogP contribution is -2.16. The highest BCUT2D eigenvalue weighted by atomic mass is 35.5. The molecule has 1 aromatic carbocycles. The van der Waals surface area contributed by atoms with Gasteiger partial charge in [0.25, 0.3) is 0 Å². The molecule has 0 unspecified atom stereocenters. The van der Waals surface area contributed by atoms with Gasteiger partial charge >= 0.3 is 0 Å². The van der Waals surface area contributed by atoms with Crippen molar-refractivity contribution >= 4 is 35.1 Å². The van der Waals surface area contributed by atoms with E-state index in [0.29, 0.717) is 6.54 Å². The van der Waals surface area contributed by atoms with Gasteiger partial charge in [0.15, 0.2) is 0 Å². The first kappa shape index (κ1) is 13.4. The molecule has 1 aliphatic rings. The minimum atomic E-state index is -0.167. The summed E-state index contributed by atoms with van der Waals surface area (Å²) in [6.07, 6.45) is 1.77. The predicted octanol–water partition coefficient (Wildman–Crippen LogP) is 3.63. The monoisotopic (exact) mass is 259 g/mol. The zero-order chi connectivity index (χ0) is 12.1. The fourth-order valence-corrected chi connectivity index (χ4v) is 1.84. The first-order valence-corrected chi connectivity index (χ1v) is 5.79. The third-order valence-corrected chi connectivity index (χ3v) is 2.33. The van der Waals surface area contributed by atoms with Crippen LogP contribution in [0, 0.1) is 0 Å². The smallest absolute Gasteiger partial charge is 0.0707 e. The number of aliphatic hydroxyl groups excluding tert-OH is 1. The molecule has 0 fully saturated rings. The van der Waals surface area contributed by atoms with Gasteiger partial charge in [-0.15, -0.1) is 0 Å². The van der Waals surface area contributed by atoms with Gasteiger partial charge < -0.3 is 5.11 Å². The van der Waals surface area contributed by atoms with Crippen LogP contribution in [0.1, 0.15) is 19.4 Å². The van der Waals surface area contributed by atoms with Gasteiger partial charge in [-0.05, 0) is 26.0 Å². The van der Waals surface area contributed by atoms with Crippen molar-refractivity contribution in [2.24, 2.45) is 0 Å². The van der Waals surface area contributed by atoms with Crippen LogP contribution in [0.15, 0.2) is 29.3 Å². The summed E-state index contributed by atoms with van der Waals surface area (Å²) in [5, 5.41) is 8.82. The van der Waals surface area contributed by atoms with Crippen molar-refractivity contribution < 1.29 is 5.11 Å². The third kappa shape index (κ3) is 4.05. The van der Waals surface area contributed by atoms with Crippen molar-refractivity contribution in [2.75, 3.05) is 11.0 Å². The molecule has 0 amide bonds. The summed E-state index contributed by atoms with van der Waals surface area (Å²) in [4.78, 5) is 0. The molecule has 1 aliphatic heterocycles. The number of aliphatic hydroxyl groups is 1. The lowest BCUT2D eigenvalue weighted by Gasteiger charge is -2.21. The Labute approximate surface area is 106 Å². The van der Waals surface area contributed by atoms with Gasteiger partial charge in [-0.3, -0.25) is 4.42 Å². The molecule has 0 aliphatic carbocycles. The third-order valence-electron chi connectivity index (χ3n) is 1.80. The molecular formula is C12H15Cl2NO. The number of hydrogen-bond acceptors (Lipinski definition) is 2. The topological polar surface area (TPSA) is 23.5 Å². The van der Waals surface area contributed by atoms with Gasteiger partial charge in [-0.2, -0.15) is 0 Å². The minimum Gasteiger partial charge on any atom is -0.394 e. The molecule has 0 bridgehead atoms. The number of halogens is 2. The van der Waals surface area contributed by atoms with Crippen LogP contribution < -0.4 is 4.42 Å². The maximum Gasteiger partial charge on any atom is 0.0707 e. The molecule has 4 heteroatoms. The molecule has 0 spiro atoms. The van der Waals surface area contributed by atoms with Crippen LogP contribution in [-0.2, 0) is 0 Å². The minimum absolute atomic E-state index is 0.167. The molecule has 0 saturated heterocycles. The second-order valence-electron chi connectivity index (χ2n) is 3.76. The number of anilines is 1. The summed E-state index contributed by atoms with van der Waals surface area (Å²) in [6.45, 7) is 4.03. The van der Waals surface area contributed by atoms with E-state index in [1.807, 2.05) is 30.3 Å². The lowest BCUT2D eigenvalue weighted by molar-refractivity contribution is 0.216. The summed E-state index contributed by atoms with van der Waals surface area (Å²) in [5.41, 5.74) is 2.09. The van der Waals surface area contributed by atoms with Crippen molar-refractivity contribution in [2.45, 2.75) is 20.0 Å². The highest BCUT2D eigenvalue weighted by Gasteiger charge is 2.13. The summed E-state index contributed by atoms with van der Waals surface area (Å²) < 4.78 is 1.62. The summed E-state index contributed by atoms with van der Waals surface area (Å²) in [6, 6.07) is 7.89. The number of para-hydroxylation sites is 1. The van der Waals surface area contributed by atoms with Crippen LogP contribution in [0.25, 0.3) is 6.08 Å². The fraction of sp³-hybridized carbons (Fsp3) is 0.333. The van der Waals surface area contributed by atoms with Crippen LogP contribution in [0.4, 0.5) is 5.69 Å². The SMILES string of the molecule is CC(C)O.ClC1=Cc2ccccc2N(Cl)C1. The highest BCUT2D eigenvalue weighted by Crippen LogP contribution is 2.30. The van der Waals surface area contributed by atoms with Crippen molar-refractivity contribution in [3.8, 4) is 0 Å². The van der Waals surface area contributed by atoms with Gasteiger partial charge in [0.05, 0.1) is 12.2 Å². The van der Waals surface area contributed by atoms with Gasteiger partial charge in [0.1, 0.15) is 0 Å². The summed E-state index contributed by atoms with van der Waals surface area (Å²) in [5.74, 6) is 0. The van der Waals surface area contributed by atoms with Crippen LogP contribution >= 0.6 is 23.4 Å². The van der Waals surface area contributed by atoms with Crippen LogP contribution in [0.2, 0.25) is 0 Å². The van der Waals surface area contributed by atoms with E-state index >= 15 is 0 Å². The first-order chi connectivity index (χ1) is 7.50. The van der Waals surface area contributed by atoms with Crippen LogP contribution in [-0.4, -0.2) is 17.8 Å². The average molecular weight is 260 g/mol. The van der Waals surface area contributed by atoms with E-state index in [0.717, 1.165) is 16.3 Å². The molecular weight excluding hydrogens is 245 g/mol. The Morgan fingerprint density at radius 3 is 2.50 bits per heavy atom. The molecule has 16 heavy (non-hydrogen) atoms. The predicted molar refractivity (Wildman–Crippen MR) is 70.8 cm³/mol. The molecule has 0 aromatic heterocycles. The lowest BCUT2D eigenvalue weighted by atomic mass is 10.1. The molecule has 1 N–H and O–H groups in total. The van der Waals surface area contributed by atoms with Gasteiger partial charge in [0, 0.05) is 28.5 Å². The van der Waals surface area contributed by atoms with Crippen LogP contribution in [0.3, 0.4) is 0 Å². The van der Waals surface area contributed by atoms with E-state index in [1.54, 1.807) is 18.3 Å². The first-order valence-electron chi connectivity index (χ1n) is 5.07. The molecule has 0 radical (unpaired) electrons. The maximum atomic E-state index is 8.06. The van der Waals surface area contributed by atoms with Crippen molar-refractivity contribution in [3.05, 3.63) is 34.9 Å². The molecule has 1 heterocycles.